The highest BCUT2D eigenvalue weighted by molar-refractivity contribution is 6.29. The summed E-state index contributed by atoms with van der Waals surface area (Å²) in [4.78, 5) is 44.4. The topological polar surface area (TPSA) is 151 Å². The van der Waals surface area contributed by atoms with Crippen molar-refractivity contribution in [2.45, 2.75) is 50.6 Å². The molecule has 4 aromatic rings. The van der Waals surface area contributed by atoms with Crippen LogP contribution in [-0.2, 0) is 9.59 Å². The second-order valence-electron chi connectivity index (χ2n) is 16.0. The Kier molecular flexibility index (Phi) is 14.3. The van der Waals surface area contributed by atoms with E-state index in [2.05, 4.69) is 69.4 Å². The van der Waals surface area contributed by atoms with Crippen molar-refractivity contribution in [2.24, 2.45) is 45.7 Å². The summed E-state index contributed by atoms with van der Waals surface area (Å²) in [5, 5.41) is 16.1. The van der Waals surface area contributed by atoms with Gasteiger partial charge in [0.05, 0.1) is 26.3 Å². The lowest BCUT2D eigenvalue weighted by Crippen LogP contribution is -2.33. The maximum absolute atomic E-state index is 13.3. The van der Waals surface area contributed by atoms with Crippen molar-refractivity contribution in [3.63, 3.8) is 0 Å². The number of fused-ring (bicyclic) bond motifs is 2. The van der Waals surface area contributed by atoms with Crippen LogP contribution in [-0.4, -0.2) is 94.6 Å². The van der Waals surface area contributed by atoms with Crippen LogP contribution in [0, 0.1) is 35.5 Å². The van der Waals surface area contributed by atoms with E-state index < -0.39 is 0 Å². The molecule has 0 bridgehead atoms. The summed E-state index contributed by atoms with van der Waals surface area (Å²) in [5.41, 5.74) is 2.34. The van der Waals surface area contributed by atoms with Crippen molar-refractivity contribution in [3.05, 3.63) is 101 Å². The SMILES string of the molecule is COc1nccc(Cl)n1.COc1nccc(N2CC3CC(C(=O)N4N=CCC4c4ccccc4)CC3C2)n1.Cl.O=C(C1CC2CNCC2C1)N1N=CCC1c1ccccc1. The Labute approximate surface area is 362 Å². The third-order valence-electron chi connectivity index (χ3n) is 12.5. The molecule has 6 atom stereocenters. The van der Waals surface area contributed by atoms with Gasteiger partial charge in [-0.05, 0) is 85.7 Å². The number of anilines is 1. The quantitative estimate of drug-likeness (QED) is 0.200. The lowest BCUT2D eigenvalue weighted by atomic mass is 10.0. The zero-order valence-electron chi connectivity index (χ0n) is 33.9. The molecule has 4 aliphatic heterocycles. The van der Waals surface area contributed by atoms with Crippen LogP contribution in [0.15, 0.2) is 95.4 Å². The van der Waals surface area contributed by atoms with Crippen LogP contribution < -0.4 is 19.7 Å². The lowest BCUT2D eigenvalue weighted by molar-refractivity contribution is -0.138. The molecule has 14 nitrogen and oxygen atoms in total. The molecule has 2 aliphatic carbocycles. The Hall–Kier alpha value is -5.18. The molecule has 316 valence electrons. The molecule has 2 saturated carbocycles. The van der Waals surface area contributed by atoms with Gasteiger partial charge in [0.15, 0.2) is 0 Å². The van der Waals surface area contributed by atoms with E-state index in [9.17, 15) is 9.59 Å². The Morgan fingerprint density at radius 3 is 1.58 bits per heavy atom. The van der Waals surface area contributed by atoms with Crippen LogP contribution in [0.4, 0.5) is 5.82 Å². The predicted molar refractivity (Wildman–Crippen MR) is 232 cm³/mol. The second-order valence-corrected chi connectivity index (χ2v) is 16.4. The van der Waals surface area contributed by atoms with Crippen LogP contribution in [0.2, 0.25) is 5.15 Å². The molecular weight excluding hydrogens is 803 g/mol. The number of halogens is 2. The number of nitrogens with one attached hydrogen (secondary N) is 1. The number of aromatic nitrogens is 4. The smallest absolute Gasteiger partial charge is 0.318 e. The molecule has 0 radical (unpaired) electrons. The van der Waals surface area contributed by atoms with Crippen molar-refractivity contribution in [1.82, 2.24) is 35.3 Å². The number of methoxy groups -OCH3 is 2. The standard InChI is InChI=1S/C22H25N5O2.C17H21N3O.C5H5ClN2O.ClH/c1-29-22-23-9-8-20(25-22)26-13-17-11-16(12-18(17)14-26)21(28)27-19(7-10-24-27)15-5-3-2-4-6-15;21-17(13-8-14-10-18-11-15(14)9-13)20-16(6-7-19-20)12-4-2-1-3-5-12;1-9-5-7-3-2-4(6)8-5;/h2-6,8-10,16-19H,7,11-14H2,1H3;1-5,7,13-16,18H,6,8-11H2;2-3H,1H3;1H. The molecule has 6 aliphatic rings. The van der Waals surface area contributed by atoms with Gasteiger partial charge in [0.2, 0.25) is 11.8 Å². The summed E-state index contributed by atoms with van der Waals surface area (Å²) < 4.78 is 9.84. The maximum Gasteiger partial charge on any atom is 0.318 e. The van der Waals surface area contributed by atoms with Crippen molar-refractivity contribution in [1.29, 1.82) is 0 Å². The van der Waals surface area contributed by atoms with Gasteiger partial charge in [0.1, 0.15) is 11.0 Å². The van der Waals surface area contributed by atoms with Gasteiger partial charge in [-0.25, -0.2) is 20.0 Å². The number of nitrogens with zero attached hydrogens (tertiary/aromatic N) is 9. The molecule has 2 aromatic heterocycles. The average molecular weight is 856 g/mol. The third kappa shape index (κ3) is 9.72. The van der Waals surface area contributed by atoms with Gasteiger partial charge in [-0.1, -0.05) is 72.3 Å². The largest absolute Gasteiger partial charge is 0.467 e. The monoisotopic (exact) mass is 854 g/mol. The van der Waals surface area contributed by atoms with Gasteiger partial charge in [-0.2, -0.15) is 20.2 Å². The molecule has 16 heteroatoms. The normalized spacial score (nSPS) is 26.9. The molecule has 2 amide bonds. The number of hydrazone groups is 2. The Morgan fingerprint density at radius 1 is 0.650 bits per heavy atom. The number of amides is 2. The maximum atomic E-state index is 13.3. The van der Waals surface area contributed by atoms with Crippen molar-refractivity contribution < 1.29 is 19.1 Å². The molecule has 10 rings (SSSR count). The molecule has 1 N–H and O–H groups in total. The molecule has 6 heterocycles. The van der Waals surface area contributed by atoms with E-state index >= 15 is 0 Å². The molecule has 4 fully saturated rings. The van der Waals surface area contributed by atoms with E-state index in [0.717, 1.165) is 76.1 Å². The number of hydrogen-bond acceptors (Lipinski definition) is 12. The van der Waals surface area contributed by atoms with E-state index in [4.69, 9.17) is 16.3 Å². The van der Waals surface area contributed by atoms with E-state index in [-0.39, 0.29) is 48.1 Å². The van der Waals surface area contributed by atoms with Gasteiger partial charge in [-0.3, -0.25) is 9.59 Å². The number of benzene rings is 2. The molecular formula is C44H52Cl2N10O4. The van der Waals surface area contributed by atoms with Crippen molar-refractivity contribution >= 4 is 54.1 Å². The van der Waals surface area contributed by atoms with Crippen LogP contribution >= 0.6 is 24.0 Å². The zero-order chi connectivity index (χ0) is 40.7. The number of ether oxygens (including phenoxy) is 2. The first-order valence-corrected chi connectivity index (χ1v) is 20.9. The number of hydrogen-bond donors (Lipinski definition) is 1. The summed E-state index contributed by atoms with van der Waals surface area (Å²) in [6, 6.07) is 24.8. The first-order chi connectivity index (χ1) is 28.9. The number of carbonyl (C=O) groups excluding carboxylic acids is 2. The van der Waals surface area contributed by atoms with E-state index in [0.29, 0.717) is 40.8 Å². The minimum Gasteiger partial charge on any atom is -0.467 e. The van der Waals surface area contributed by atoms with Gasteiger partial charge < -0.3 is 19.7 Å². The van der Waals surface area contributed by atoms with Crippen LogP contribution in [0.1, 0.15) is 61.7 Å². The first kappa shape index (κ1) is 42.9. The molecule has 60 heavy (non-hydrogen) atoms. The van der Waals surface area contributed by atoms with Crippen LogP contribution in [0.25, 0.3) is 0 Å². The summed E-state index contributed by atoms with van der Waals surface area (Å²) in [6.07, 6.45) is 12.6. The van der Waals surface area contributed by atoms with Crippen molar-refractivity contribution in [3.8, 4) is 12.0 Å². The highest BCUT2D eigenvalue weighted by atomic mass is 35.5. The minimum absolute atomic E-state index is 0. The van der Waals surface area contributed by atoms with Gasteiger partial charge in [0, 0.05) is 62.6 Å². The lowest BCUT2D eigenvalue weighted by Gasteiger charge is -2.26. The first-order valence-electron chi connectivity index (χ1n) is 20.5. The Bertz CT molecular complexity index is 2090. The summed E-state index contributed by atoms with van der Waals surface area (Å²) in [7, 11) is 3.07. The summed E-state index contributed by atoms with van der Waals surface area (Å²) in [5.74, 6) is 3.98. The van der Waals surface area contributed by atoms with Crippen LogP contribution in [0.5, 0.6) is 12.0 Å². The van der Waals surface area contributed by atoms with Gasteiger partial charge in [-0.15, -0.1) is 12.4 Å². The molecule has 6 unspecified atom stereocenters. The Morgan fingerprint density at radius 2 is 1.12 bits per heavy atom. The highest BCUT2D eigenvalue weighted by Gasteiger charge is 2.46. The van der Waals surface area contributed by atoms with E-state index in [1.165, 1.54) is 18.9 Å². The third-order valence-corrected chi connectivity index (χ3v) is 12.7. The zero-order valence-corrected chi connectivity index (χ0v) is 35.4. The van der Waals surface area contributed by atoms with Crippen molar-refractivity contribution in [2.75, 3.05) is 45.3 Å². The fourth-order valence-electron chi connectivity index (χ4n) is 9.61. The summed E-state index contributed by atoms with van der Waals surface area (Å²) >= 11 is 5.49. The van der Waals surface area contributed by atoms with Gasteiger partial charge >= 0.3 is 12.0 Å². The Balaban J connectivity index is 0.000000153. The summed E-state index contributed by atoms with van der Waals surface area (Å²) in [6.45, 7) is 4.03. The predicted octanol–water partition coefficient (Wildman–Crippen LogP) is 6.66. The fourth-order valence-corrected chi connectivity index (χ4v) is 9.74. The number of carbonyl (C=O) groups is 2. The molecule has 2 saturated heterocycles. The van der Waals surface area contributed by atoms with Crippen LogP contribution in [0.3, 0.4) is 0 Å². The molecule has 2 aromatic carbocycles. The average Bonchev–Trinajstić information content (AvgIpc) is 4.14. The highest BCUT2D eigenvalue weighted by Crippen LogP contribution is 2.45. The van der Waals surface area contributed by atoms with Gasteiger partial charge in [0.25, 0.3) is 0 Å². The minimum atomic E-state index is 0. The number of rotatable bonds is 7. The fraction of sp³-hybridized carbons (Fsp3) is 0.455. The van der Waals surface area contributed by atoms with E-state index in [1.807, 2.05) is 54.9 Å². The second kappa shape index (κ2) is 19.9. The molecule has 0 spiro atoms. The van der Waals surface area contributed by atoms with E-state index in [1.54, 1.807) is 29.4 Å².